The Hall–Kier alpha value is -2.74. The predicted molar refractivity (Wildman–Crippen MR) is 99.2 cm³/mol. The van der Waals surface area contributed by atoms with Gasteiger partial charge in [0.25, 0.3) is 5.91 Å². The predicted octanol–water partition coefficient (Wildman–Crippen LogP) is 3.27. The van der Waals surface area contributed by atoms with Crippen molar-refractivity contribution >= 4 is 33.5 Å². The number of carbonyl (C=O) groups excluding carboxylic acids is 2. The molecule has 0 aliphatic carbocycles. The van der Waals surface area contributed by atoms with E-state index in [1.807, 2.05) is 6.07 Å². The molecular weight excluding hydrogens is 406 g/mol. The summed E-state index contributed by atoms with van der Waals surface area (Å²) < 4.78 is 21.3. The van der Waals surface area contributed by atoms with Crippen molar-refractivity contribution in [2.45, 2.75) is 0 Å². The Balaban J connectivity index is 2.07. The number of benzene rings is 2. The number of hydrogen-bond donors (Lipinski definition) is 1. The molecule has 0 saturated carbocycles. The zero-order valence-corrected chi connectivity index (χ0v) is 16.1. The van der Waals surface area contributed by atoms with E-state index in [1.165, 1.54) is 33.5 Å². The third kappa shape index (κ3) is 4.66. The molecule has 8 heteroatoms. The van der Waals surface area contributed by atoms with Crippen LogP contribution in [-0.4, -0.2) is 39.8 Å². The fourth-order valence-corrected chi connectivity index (χ4v) is 2.53. The first kappa shape index (κ1) is 19.6. The first-order valence-electron chi connectivity index (χ1n) is 7.51. The van der Waals surface area contributed by atoms with Crippen LogP contribution in [0.4, 0.5) is 5.69 Å². The molecule has 7 nitrogen and oxygen atoms in total. The van der Waals surface area contributed by atoms with Crippen molar-refractivity contribution in [3.63, 3.8) is 0 Å². The largest absolute Gasteiger partial charge is 0.496 e. The van der Waals surface area contributed by atoms with Crippen LogP contribution in [0.2, 0.25) is 0 Å². The minimum absolute atomic E-state index is 0.124. The highest BCUT2D eigenvalue weighted by atomic mass is 79.9. The Labute approximate surface area is 159 Å². The third-order valence-electron chi connectivity index (χ3n) is 3.41. The molecule has 138 valence electrons. The second kappa shape index (κ2) is 9.10. The average Bonchev–Trinajstić information content (AvgIpc) is 2.66. The molecule has 0 fully saturated rings. The van der Waals surface area contributed by atoms with Crippen molar-refractivity contribution in [2.75, 3.05) is 33.3 Å². The van der Waals surface area contributed by atoms with Gasteiger partial charge in [-0.2, -0.15) is 0 Å². The van der Waals surface area contributed by atoms with Crippen LogP contribution in [0.5, 0.6) is 17.2 Å². The molecule has 0 radical (unpaired) electrons. The molecule has 0 spiro atoms. The summed E-state index contributed by atoms with van der Waals surface area (Å²) in [7, 11) is 4.34. The maximum Gasteiger partial charge on any atom is 0.342 e. The molecule has 2 aromatic carbocycles. The molecule has 0 aromatic heterocycles. The summed E-state index contributed by atoms with van der Waals surface area (Å²) in [6.45, 7) is -0.447. The van der Waals surface area contributed by atoms with Crippen molar-refractivity contribution in [1.29, 1.82) is 0 Å². The summed E-state index contributed by atoms with van der Waals surface area (Å²) in [5.74, 6) is -0.181. The van der Waals surface area contributed by atoms with Gasteiger partial charge >= 0.3 is 5.97 Å². The Kier molecular flexibility index (Phi) is 6.85. The highest BCUT2D eigenvalue weighted by Gasteiger charge is 2.20. The Morgan fingerprint density at radius 3 is 2.19 bits per heavy atom. The zero-order valence-electron chi connectivity index (χ0n) is 14.5. The number of anilines is 1. The number of halogens is 1. The quantitative estimate of drug-likeness (QED) is 0.688. The topological polar surface area (TPSA) is 83.1 Å². The van der Waals surface area contributed by atoms with Crippen LogP contribution in [0, 0.1) is 0 Å². The molecule has 1 N–H and O–H groups in total. The van der Waals surface area contributed by atoms with Crippen LogP contribution in [0.15, 0.2) is 40.9 Å². The fourth-order valence-electron chi connectivity index (χ4n) is 2.15. The SMILES string of the molecule is COc1cc(OC)c(C(=O)OCC(=O)Nc2ccccc2Br)cc1OC. The summed E-state index contributed by atoms with van der Waals surface area (Å²) in [5, 5.41) is 2.65. The van der Waals surface area contributed by atoms with Gasteiger partial charge < -0.3 is 24.3 Å². The molecule has 0 unspecified atom stereocenters. The average molecular weight is 424 g/mol. The summed E-state index contributed by atoms with van der Waals surface area (Å²) in [6, 6.07) is 10.1. The van der Waals surface area contributed by atoms with Crippen LogP contribution < -0.4 is 19.5 Å². The van der Waals surface area contributed by atoms with Crippen LogP contribution in [0.1, 0.15) is 10.4 Å². The lowest BCUT2D eigenvalue weighted by Crippen LogP contribution is -2.21. The maximum atomic E-state index is 12.3. The lowest BCUT2D eigenvalue weighted by Gasteiger charge is -2.13. The molecular formula is C18H18BrNO6. The molecule has 0 atom stereocenters. The highest BCUT2D eigenvalue weighted by molar-refractivity contribution is 9.10. The maximum absolute atomic E-state index is 12.3. The number of esters is 1. The minimum atomic E-state index is -0.718. The van der Waals surface area contributed by atoms with E-state index in [2.05, 4.69) is 21.2 Å². The van der Waals surface area contributed by atoms with Gasteiger partial charge in [0.15, 0.2) is 18.1 Å². The van der Waals surface area contributed by atoms with Gasteiger partial charge in [-0.15, -0.1) is 0 Å². The summed E-state index contributed by atoms with van der Waals surface area (Å²) >= 11 is 3.33. The lowest BCUT2D eigenvalue weighted by atomic mass is 10.1. The van der Waals surface area contributed by atoms with Gasteiger partial charge in [0.2, 0.25) is 0 Å². The van der Waals surface area contributed by atoms with Crippen molar-refractivity contribution in [3.8, 4) is 17.2 Å². The van der Waals surface area contributed by atoms with Crippen LogP contribution in [0.25, 0.3) is 0 Å². The molecule has 0 saturated heterocycles. The van der Waals surface area contributed by atoms with Crippen molar-refractivity contribution in [2.24, 2.45) is 0 Å². The van der Waals surface area contributed by atoms with Crippen LogP contribution in [-0.2, 0) is 9.53 Å². The summed E-state index contributed by atoms with van der Waals surface area (Å²) in [6.07, 6.45) is 0. The van der Waals surface area contributed by atoms with Crippen molar-refractivity contribution < 1.29 is 28.5 Å². The second-order valence-corrected chi connectivity index (χ2v) is 5.87. The van der Waals surface area contributed by atoms with Crippen LogP contribution in [0.3, 0.4) is 0 Å². The molecule has 0 heterocycles. The van der Waals surface area contributed by atoms with E-state index in [0.717, 1.165) is 4.47 Å². The lowest BCUT2D eigenvalue weighted by molar-refractivity contribution is -0.119. The normalized spacial score (nSPS) is 10.0. The van der Waals surface area contributed by atoms with Gasteiger partial charge in [-0.05, 0) is 28.1 Å². The number of hydrogen-bond acceptors (Lipinski definition) is 6. The molecule has 2 aromatic rings. The first-order chi connectivity index (χ1) is 12.5. The smallest absolute Gasteiger partial charge is 0.342 e. The summed E-state index contributed by atoms with van der Waals surface area (Å²) in [4.78, 5) is 24.3. The molecule has 0 aliphatic rings. The molecule has 2 rings (SSSR count). The van der Waals surface area contributed by atoms with E-state index in [-0.39, 0.29) is 11.3 Å². The van der Waals surface area contributed by atoms with Crippen LogP contribution >= 0.6 is 15.9 Å². The minimum Gasteiger partial charge on any atom is -0.496 e. The van der Waals surface area contributed by atoms with Gasteiger partial charge in [-0.25, -0.2) is 4.79 Å². The van der Waals surface area contributed by atoms with E-state index < -0.39 is 18.5 Å². The fraction of sp³-hybridized carbons (Fsp3) is 0.222. The number of para-hydroxylation sites is 1. The molecule has 26 heavy (non-hydrogen) atoms. The second-order valence-electron chi connectivity index (χ2n) is 5.01. The Morgan fingerprint density at radius 1 is 0.962 bits per heavy atom. The number of rotatable bonds is 7. The molecule has 1 amide bonds. The van der Waals surface area contributed by atoms with E-state index in [4.69, 9.17) is 18.9 Å². The van der Waals surface area contributed by atoms with Crippen molar-refractivity contribution in [3.05, 3.63) is 46.4 Å². The molecule has 0 bridgehead atoms. The third-order valence-corrected chi connectivity index (χ3v) is 4.10. The van der Waals surface area contributed by atoms with Gasteiger partial charge in [0.1, 0.15) is 11.3 Å². The standard InChI is InChI=1S/C18H18BrNO6/c1-23-14-9-16(25-3)15(24-2)8-11(14)18(22)26-10-17(21)20-13-7-5-4-6-12(13)19/h4-9H,10H2,1-3H3,(H,20,21). The van der Waals surface area contributed by atoms with E-state index in [0.29, 0.717) is 17.2 Å². The molecule has 0 aliphatic heterocycles. The monoisotopic (exact) mass is 423 g/mol. The van der Waals surface area contributed by atoms with E-state index in [9.17, 15) is 9.59 Å². The first-order valence-corrected chi connectivity index (χ1v) is 8.31. The van der Waals surface area contributed by atoms with Crippen molar-refractivity contribution in [1.82, 2.24) is 0 Å². The van der Waals surface area contributed by atoms with E-state index >= 15 is 0 Å². The van der Waals surface area contributed by atoms with E-state index in [1.54, 1.807) is 18.2 Å². The van der Waals surface area contributed by atoms with Gasteiger partial charge in [-0.1, -0.05) is 12.1 Å². The zero-order chi connectivity index (χ0) is 19.1. The van der Waals surface area contributed by atoms with Gasteiger partial charge in [-0.3, -0.25) is 4.79 Å². The van der Waals surface area contributed by atoms with Gasteiger partial charge in [0.05, 0.1) is 27.0 Å². The number of nitrogens with one attached hydrogen (secondary N) is 1. The Bertz CT molecular complexity index is 808. The number of amides is 1. The Morgan fingerprint density at radius 2 is 1.58 bits per heavy atom. The summed E-state index contributed by atoms with van der Waals surface area (Å²) in [5.41, 5.74) is 0.705. The number of ether oxygens (including phenoxy) is 4. The highest BCUT2D eigenvalue weighted by Crippen LogP contribution is 2.34. The number of carbonyl (C=O) groups is 2. The number of methoxy groups -OCH3 is 3. The van der Waals surface area contributed by atoms with Gasteiger partial charge in [0, 0.05) is 16.6 Å².